The summed E-state index contributed by atoms with van der Waals surface area (Å²) < 4.78 is 3.59. The highest BCUT2D eigenvalue weighted by atomic mass is 35.5. The van der Waals surface area contributed by atoms with E-state index in [2.05, 4.69) is 54.3 Å². The van der Waals surface area contributed by atoms with Crippen LogP contribution in [0.2, 0.25) is 5.02 Å². The van der Waals surface area contributed by atoms with Crippen LogP contribution >= 0.6 is 22.9 Å². The fourth-order valence-electron chi connectivity index (χ4n) is 3.18. The summed E-state index contributed by atoms with van der Waals surface area (Å²) in [6.45, 7) is 6.27. The van der Waals surface area contributed by atoms with E-state index >= 15 is 0 Å². The van der Waals surface area contributed by atoms with Crippen molar-refractivity contribution in [3.05, 3.63) is 40.0 Å². The van der Waals surface area contributed by atoms with E-state index in [1.165, 1.54) is 22.5 Å². The van der Waals surface area contributed by atoms with E-state index < -0.39 is 0 Å². The molecule has 134 valence electrons. The minimum atomic E-state index is 0.673. The first-order valence-corrected chi connectivity index (χ1v) is 9.70. The Labute approximate surface area is 160 Å². The van der Waals surface area contributed by atoms with Crippen LogP contribution in [0.3, 0.4) is 0 Å². The third-order valence-electron chi connectivity index (χ3n) is 4.22. The van der Waals surface area contributed by atoms with Gasteiger partial charge in [-0.15, -0.1) is 10.2 Å². The molecule has 0 aliphatic heterocycles. The zero-order valence-electron chi connectivity index (χ0n) is 15.1. The van der Waals surface area contributed by atoms with E-state index in [0.29, 0.717) is 5.02 Å². The van der Waals surface area contributed by atoms with E-state index in [4.69, 9.17) is 16.7 Å². The molecule has 1 aromatic carbocycles. The van der Waals surface area contributed by atoms with Crippen LogP contribution in [0.4, 0.5) is 0 Å². The summed E-state index contributed by atoms with van der Waals surface area (Å²) in [6, 6.07) is 6.33. The molecule has 0 fully saturated rings. The lowest BCUT2D eigenvalue weighted by molar-refractivity contribution is 0.737. The fraction of sp³-hybridized carbons (Fsp3) is 0.333. The second-order valence-electron chi connectivity index (χ2n) is 6.48. The smallest absolute Gasteiger partial charge is 0.235 e. The molecule has 0 radical (unpaired) electrons. The monoisotopic (exact) mass is 386 g/mol. The zero-order valence-corrected chi connectivity index (χ0v) is 16.7. The second kappa shape index (κ2) is 6.48. The van der Waals surface area contributed by atoms with E-state index in [-0.39, 0.29) is 0 Å². The second-order valence-corrected chi connectivity index (χ2v) is 7.82. The molecule has 0 saturated carbocycles. The number of hydrogen-bond acceptors (Lipinski definition) is 5. The lowest BCUT2D eigenvalue weighted by atomic mass is 10.1. The molecule has 0 atom stereocenters. The molecule has 0 aliphatic carbocycles. The van der Waals surface area contributed by atoms with Gasteiger partial charge in [0.05, 0.1) is 10.7 Å². The molecule has 0 saturated heterocycles. The highest BCUT2D eigenvalue weighted by molar-refractivity contribution is 7.19. The maximum atomic E-state index is 6.57. The van der Waals surface area contributed by atoms with Gasteiger partial charge in [-0.2, -0.15) is 14.7 Å². The highest BCUT2D eigenvalue weighted by Crippen LogP contribution is 2.34. The number of hydrogen-bond donors (Lipinski definition) is 0. The van der Waals surface area contributed by atoms with Gasteiger partial charge in [0.15, 0.2) is 10.8 Å². The Hall–Kier alpha value is -2.25. The zero-order chi connectivity index (χ0) is 18.4. The number of aromatic nitrogens is 6. The number of benzene rings is 1. The fourth-order valence-corrected chi connectivity index (χ4v) is 4.50. The lowest BCUT2D eigenvalue weighted by Gasteiger charge is -2.02. The maximum Gasteiger partial charge on any atom is 0.235 e. The van der Waals surface area contributed by atoms with Crippen LogP contribution in [0.15, 0.2) is 18.2 Å². The molecule has 0 N–H and O–H groups in total. The van der Waals surface area contributed by atoms with Crippen LogP contribution in [-0.2, 0) is 13.5 Å². The first-order valence-electron chi connectivity index (χ1n) is 8.50. The normalized spacial score (nSPS) is 11.6. The Bertz CT molecular complexity index is 1090. The first-order chi connectivity index (χ1) is 12.5. The Morgan fingerprint density at radius 3 is 2.50 bits per heavy atom. The van der Waals surface area contributed by atoms with Crippen LogP contribution in [0.1, 0.15) is 30.2 Å². The van der Waals surface area contributed by atoms with Gasteiger partial charge in [0.25, 0.3) is 0 Å². The summed E-state index contributed by atoms with van der Waals surface area (Å²) in [5.41, 5.74) is 5.12. The van der Waals surface area contributed by atoms with E-state index in [0.717, 1.165) is 45.6 Å². The van der Waals surface area contributed by atoms with Gasteiger partial charge in [0.2, 0.25) is 4.96 Å². The summed E-state index contributed by atoms with van der Waals surface area (Å²) in [7, 11) is 1.90. The molecule has 3 aromatic heterocycles. The van der Waals surface area contributed by atoms with Crippen molar-refractivity contribution < 1.29 is 0 Å². The Kier molecular flexibility index (Phi) is 4.28. The van der Waals surface area contributed by atoms with Crippen LogP contribution < -0.4 is 0 Å². The van der Waals surface area contributed by atoms with Gasteiger partial charge in [0, 0.05) is 12.6 Å². The summed E-state index contributed by atoms with van der Waals surface area (Å²) >= 11 is 8.04. The predicted octanol–water partition coefficient (Wildman–Crippen LogP) is 4.48. The van der Waals surface area contributed by atoms with Gasteiger partial charge in [-0.05, 0) is 32.4 Å². The molecule has 3 heterocycles. The number of nitrogens with zero attached hydrogens (tertiary/aromatic N) is 6. The van der Waals surface area contributed by atoms with Gasteiger partial charge >= 0.3 is 0 Å². The summed E-state index contributed by atoms with van der Waals surface area (Å²) in [4.78, 5) is 0.739. The van der Waals surface area contributed by atoms with Gasteiger partial charge in [0.1, 0.15) is 5.69 Å². The van der Waals surface area contributed by atoms with Gasteiger partial charge in [-0.25, -0.2) is 0 Å². The predicted molar refractivity (Wildman–Crippen MR) is 105 cm³/mol. The third-order valence-corrected chi connectivity index (χ3v) is 5.52. The van der Waals surface area contributed by atoms with Crippen molar-refractivity contribution in [2.45, 2.75) is 33.6 Å². The molecule has 0 unspecified atom stereocenters. The molecule has 4 aromatic rings. The number of rotatable bonds is 4. The summed E-state index contributed by atoms with van der Waals surface area (Å²) in [6.07, 6.45) is 1.85. The van der Waals surface area contributed by atoms with Crippen LogP contribution in [0, 0.1) is 13.8 Å². The molecule has 0 amide bonds. The molecule has 4 rings (SSSR count). The Balaban J connectivity index is 1.84. The molecule has 0 bridgehead atoms. The van der Waals surface area contributed by atoms with E-state index in [1.54, 1.807) is 9.20 Å². The van der Waals surface area contributed by atoms with Gasteiger partial charge in [-0.1, -0.05) is 53.5 Å². The molecule has 0 aliphatic rings. The van der Waals surface area contributed by atoms with Crippen molar-refractivity contribution in [2.24, 2.45) is 7.05 Å². The summed E-state index contributed by atoms with van der Waals surface area (Å²) in [5, 5.41) is 19.4. The van der Waals surface area contributed by atoms with Crippen molar-refractivity contribution in [2.75, 3.05) is 0 Å². The minimum Gasteiger partial charge on any atom is -0.264 e. The van der Waals surface area contributed by atoms with E-state index in [9.17, 15) is 0 Å². The van der Waals surface area contributed by atoms with Crippen molar-refractivity contribution >= 4 is 27.9 Å². The lowest BCUT2D eigenvalue weighted by Crippen LogP contribution is -1.96. The highest BCUT2D eigenvalue weighted by Gasteiger charge is 2.21. The average Bonchev–Trinajstić information content (AvgIpc) is 3.20. The Morgan fingerprint density at radius 2 is 1.81 bits per heavy atom. The molecular weight excluding hydrogens is 368 g/mol. The van der Waals surface area contributed by atoms with Crippen molar-refractivity contribution in [3.63, 3.8) is 0 Å². The van der Waals surface area contributed by atoms with Gasteiger partial charge < -0.3 is 0 Å². The summed E-state index contributed by atoms with van der Waals surface area (Å²) in [5.74, 6) is 0.737. The number of halogens is 1. The van der Waals surface area contributed by atoms with E-state index in [1.807, 2.05) is 7.05 Å². The largest absolute Gasteiger partial charge is 0.264 e. The maximum absolute atomic E-state index is 6.57. The topological polar surface area (TPSA) is 60.9 Å². The first kappa shape index (κ1) is 17.2. The van der Waals surface area contributed by atoms with Crippen LogP contribution in [0.5, 0.6) is 0 Å². The van der Waals surface area contributed by atoms with Crippen molar-refractivity contribution in [1.82, 2.24) is 29.6 Å². The van der Waals surface area contributed by atoms with Crippen molar-refractivity contribution in [1.29, 1.82) is 0 Å². The molecule has 6 nitrogen and oxygen atoms in total. The quantitative estimate of drug-likeness (QED) is 0.519. The molecule has 0 spiro atoms. The Morgan fingerprint density at radius 1 is 1.08 bits per heavy atom. The van der Waals surface area contributed by atoms with Crippen LogP contribution in [-0.4, -0.2) is 29.6 Å². The third kappa shape index (κ3) is 2.81. The van der Waals surface area contributed by atoms with Crippen LogP contribution in [0.25, 0.3) is 27.1 Å². The van der Waals surface area contributed by atoms with Gasteiger partial charge in [-0.3, -0.25) is 4.68 Å². The minimum absolute atomic E-state index is 0.673. The number of aryl methyl sites for hydroxylation is 4. The molecule has 26 heavy (non-hydrogen) atoms. The standard InChI is InChI=1S/C18H19ClN6S/c1-5-6-13-14(19)15(24(4)22-13)17-23-25-16(20-21-18(25)26-17)12-8-10(2)7-11(3)9-12/h7-9H,5-6H2,1-4H3. The average molecular weight is 387 g/mol. The molecule has 8 heteroatoms. The number of fused-ring (bicyclic) bond motifs is 1. The van der Waals surface area contributed by atoms with Crippen molar-refractivity contribution in [3.8, 4) is 22.1 Å². The SMILES string of the molecule is CCCc1nn(C)c(-c2nn3c(-c4cc(C)cc(C)c4)nnc3s2)c1Cl. The molecular formula is C18H19ClN6S.